The third-order valence-electron chi connectivity index (χ3n) is 3.65. The number of carboxylic acid groups (broad SMARTS) is 1. The van der Waals surface area contributed by atoms with Crippen molar-refractivity contribution in [3.63, 3.8) is 0 Å². The summed E-state index contributed by atoms with van der Waals surface area (Å²) in [6, 6.07) is -0.576. The van der Waals surface area contributed by atoms with E-state index in [9.17, 15) is 14.4 Å². The standard InChI is InChI=1S/C15H28N2O4/c1-9(2)11(10(3)4)8-16-14(21)17-12(18)7-15(5,6)13(19)20/h9-11H,7-8H2,1-6H3,(H,19,20)(H2,16,17,18,21). The van der Waals surface area contributed by atoms with Crippen molar-refractivity contribution in [1.29, 1.82) is 0 Å². The summed E-state index contributed by atoms with van der Waals surface area (Å²) >= 11 is 0. The van der Waals surface area contributed by atoms with Gasteiger partial charge >= 0.3 is 12.0 Å². The van der Waals surface area contributed by atoms with Gasteiger partial charge in [-0.2, -0.15) is 0 Å². The number of amides is 3. The van der Waals surface area contributed by atoms with Crippen LogP contribution < -0.4 is 10.6 Å². The van der Waals surface area contributed by atoms with E-state index in [1.54, 1.807) is 0 Å². The van der Waals surface area contributed by atoms with Crippen LogP contribution in [0, 0.1) is 23.2 Å². The molecule has 3 amide bonds. The summed E-state index contributed by atoms with van der Waals surface area (Å²) in [6.45, 7) is 11.7. The Hall–Kier alpha value is -1.59. The van der Waals surface area contributed by atoms with E-state index >= 15 is 0 Å². The SMILES string of the molecule is CC(C)C(CNC(=O)NC(=O)CC(C)(C)C(=O)O)C(C)C. The van der Waals surface area contributed by atoms with Crippen LogP contribution in [-0.2, 0) is 9.59 Å². The van der Waals surface area contributed by atoms with Crippen molar-refractivity contribution >= 4 is 17.9 Å². The van der Waals surface area contributed by atoms with Gasteiger partial charge in [-0.1, -0.05) is 27.7 Å². The average molecular weight is 300 g/mol. The minimum atomic E-state index is -1.19. The maximum absolute atomic E-state index is 11.7. The quantitative estimate of drug-likeness (QED) is 0.672. The predicted octanol–water partition coefficient (Wildman–Crippen LogP) is 2.24. The Bertz CT molecular complexity index is 381. The molecule has 0 bridgehead atoms. The lowest BCUT2D eigenvalue weighted by atomic mass is 9.85. The summed E-state index contributed by atoms with van der Waals surface area (Å²) < 4.78 is 0. The van der Waals surface area contributed by atoms with E-state index < -0.39 is 23.3 Å². The topological polar surface area (TPSA) is 95.5 Å². The van der Waals surface area contributed by atoms with Crippen LogP contribution in [0.5, 0.6) is 0 Å². The number of hydrogen-bond acceptors (Lipinski definition) is 3. The minimum absolute atomic E-state index is 0.243. The Morgan fingerprint density at radius 2 is 1.52 bits per heavy atom. The number of carbonyl (C=O) groups is 3. The minimum Gasteiger partial charge on any atom is -0.481 e. The van der Waals surface area contributed by atoms with E-state index in [1.807, 2.05) is 0 Å². The van der Waals surface area contributed by atoms with Crippen LogP contribution >= 0.6 is 0 Å². The zero-order valence-corrected chi connectivity index (χ0v) is 13.8. The van der Waals surface area contributed by atoms with Crippen molar-refractivity contribution < 1.29 is 19.5 Å². The van der Waals surface area contributed by atoms with E-state index in [4.69, 9.17) is 5.11 Å². The van der Waals surface area contributed by atoms with Crippen molar-refractivity contribution in [3.05, 3.63) is 0 Å². The maximum Gasteiger partial charge on any atom is 0.321 e. The van der Waals surface area contributed by atoms with Gasteiger partial charge in [0.2, 0.25) is 5.91 Å². The molecule has 0 atom stereocenters. The van der Waals surface area contributed by atoms with Gasteiger partial charge in [0, 0.05) is 13.0 Å². The second-order valence-electron chi connectivity index (χ2n) is 6.78. The molecule has 6 heteroatoms. The van der Waals surface area contributed by atoms with Crippen LogP contribution in [-0.4, -0.2) is 29.6 Å². The number of nitrogens with one attached hydrogen (secondary N) is 2. The van der Waals surface area contributed by atoms with Gasteiger partial charge in [-0.3, -0.25) is 14.9 Å². The molecule has 0 aliphatic heterocycles. The fraction of sp³-hybridized carbons (Fsp3) is 0.800. The molecular weight excluding hydrogens is 272 g/mol. The molecule has 0 aliphatic rings. The molecule has 0 radical (unpaired) electrons. The molecule has 0 aromatic carbocycles. The summed E-state index contributed by atoms with van der Waals surface area (Å²) in [5.74, 6) is -0.497. The van der Waals surface area contributed by atoms with Crippen LogP contribution in [0.4, 0.5) is 4.79 Å². The molecule has 0 fully saturated rings. The van der Waals surface area contributed by atoms with E-state index in [1.165, 1.54) is 13.8 Å². The zero-order chi connectivity index (χ0) is 16.8. The van der Waals surface area contributed by atoms with Crippen molar-refractivity contribution in [3.8, 4) is 0 Å². The van der Waals surface area contributed by atoms with Crippen molar-refractivity contribution in [2.75, 3.05) is 6.54 Å². The van der Waals surface area contributed by atoms with Crippen LogP contribution in [0.2, 0.25) is 0 Å². The van der Waals surface area contributed by atoms with E-state index in [-0.39, 0.29) is 6.42 Å². The van der Waals surface area contributed by atoms with Gasteiger partial charge < -0.3 is 10.4 Å². The number of aliphatic carboxylic acids is 1. The molecule has 0 saturated carbocycles. The molecule has 0 aliphatic carbocycles. The van der Waals surface area contributed by atoms with Gasteiger partial charge in [-0.05, 0) is 31.6 Å². The number of imide groups is 1. The van der Waals surface area contributed by atoms with Crippen LogP contribution in [0.15, 0.2) is 0 Å². The lowest BCUT2D eigenvalue weighted by Crippen LogP contribution is -2.44. The first-order valence-corrected chi connectivity index (χ1v) is 7.28. The summed E-state index contributed by atoms with van der Waals surface area (Å²) in [7, 11) is 0. The molecule has 0 aromatic rings. The van der Waals surface area contributed by atoms with Gasteiger partial charge in [-0.15, -0.1) is 0 Å². The highest BCUT2D eigenvalue weighted by Gasteiger charge is 2.30. The Labute approximate surface area is 126 Å². The fourth-order valence-corrected chi connectivity index (χ4v) is 2.14. The van der Waals surface area contributed by atoms with Crippen molar-refractivity contribution in [2.24, 2.45) is 23.2 Å². The molecule has 21 heavy (non-hydrogen) atoms. The van der Waals surface area contributed by atoms with Crippen LogP contribution in [0.1, 0.15) is 48.0 Å². The first-order valence-electron chi connectivity index (χ1n) is 7.28. The summed E-state index contributed by atoms with van der Waals surface area (Å²) in [6.07, 6.45) is -0.243. The van der Waals surface area contributed by atoms with Gasteiger partial charge in [0.05, 0.1) is 5.41 Å². The number of carbonyl (C=O) groups excluding carboxylic acids is 2. The Kier molecular flexibility index (Phi) is 7.39. The molecule has 6 nitrogen and oxygen atoms in total. The monoisotopic (exact) mass is 300 g/mol. The van der Waals surface area contributed by atoms with Gasteiger partial charge in [-0.25, -0.2) is 4.79 Å². The number of carboxylic acids is 1. The molecule has 0 spiro atoms. The highest BCUT2D eigenvalue weighted by molar-refractivity contribution is 5.96. The van der Waals surface area contributed by atoms with Crippen LogP contribution in [0.25, 0.3) is 0 Å². The third kappa shape index (κ3) is 7.11. The predicted molar refractivity (Wildman–Crippen MR) is 80.7 cm³/mol. The van der Waals surface area contributed by atoms with E-state index in [2.05, 4.69) is 38.3 Å². The number of urea groups is 1. The fourth-order valence-electron chi connectivity index (χ4n) is 2.14. The lowest BCUT2D eigenvalue weighted by molar-refractivity contribution is -0.149. The lowest BCUT2D eigenvalue weighted by Gasteiger charge is -2.25. The second kappa shape index (κ2) is 8.00. The largest absolute Gasteiger partial charge is 0.481 e. The first kappa shape index (κ1) is 19.4. The molecule has 0 unspecified atom stereocenters. The Balaban J connectivity index is 4.32. The Morgan fingerprint density at radius 1 is 1.05 bits per heavy atom. The Morgan fingerprint density at radius 3 is 1.90 bits per heavy atom. The zero-order valence-electron chi connectivity index (χ0n) is 13.8. The van der Waals surface area contributed by atoms with E-state index in [0.717, 1.165) is 0 Å². The number of rotatable bonds is 7. The normalized spacial score (nSPS) is 11.9. The van der Waals surface area contributed by atoms with Gasteiger partial charge in [0.25, 0.3) is 0 Å². The average Bonchev–Trinajstić information content (AvgIpc) is 2.26. The molecule has 0 rings (SSSR count). The van der Waals surface area contributed by atoms with Gasteiger partial charge in [0.1, 0.15) is 0 Å². The summed E-state index contributed by atoms with van der Waals surface area (Å²) in [5, 5.41) is 13.8. The first-order chi connectivity index (χ1) is 9.47. The molecule has 0 heterocycles. The van der Waals surface area contributed by atoms with Crippen LogP contribution in [0.3, 0.4) is 0 Å². The second-order valence-corrected chi connectivity index (χ2v) is 6.78. The highest BCUT2D eigenvalue weighted by Crippen LogP contribution is 2.20. The smallest absolute Gasteiger partial charge is 0.321 e. The maximum atomic E-state index is 11.7. The molecule has 3 N–H and O–H groups in total. The highest BCUT2D eigenvalue weighted by atomic mass is 16.4. The van der Waals surface area contributed by atoms with Gasteiger partial charge in [0.15, 0.2) is 0 Å². The molecular formula is C15H28N2O4. The van der Waals surface area contributed by atoms with Crippen molar-refractivity contribution in [2.45, 2.75) is 48.0 Å². The summed E-state index contributed by atoms with van der Waals surface area (Å²) in [5.41, 5.74) is -1.19. The third-order valence-corrected chi connectivity index (χ3v) is 3.65. The molecule has 0 saturated heterocycles. The van der Waals surface area contributed by atoms with E-state index in [0.29, 0.717) is 24.3 Å². The number of hydrogen-bond donors (Lipinski definition) is 3. The molecule has 0 aromatic heterocycles. The molecule has 122 valence electrons. The summed E-state index contributed by atoms with van der Waals surface area (Å²) in [4.78, 5) is 34.2. The van der Waals surface area contributed by atoms with Crippen molar-refractivity contribution in [1.82, 2.24) is 10.6 Å².